The number of hydrogen-bond donors (Lipinski definition) is 3. The number of carboxylic acid groups (broad SMARTS) is 1. The van der Waals surface area contributed by atoms with E-state index in [1.165, 1.54) is 0 Å². The maximum absolute atomic E-state index is 11.6. The predicted octanol–water partition coefficient (Wildman–Crippen LogP) is -1.39. The fourth-order valence-electron chi connectivity index (χ4n) is 1.61. The molecule has 17 heavy (non-hydrogen) atoms. The highest BCUT2D eigenvalue weighted by Crippen LogP contribution is 2.22. The second-order valence-corrected chi connectivity index (χ2v) is 4.45. The van der Waals surface area contributed by atoms with Crippen molar-refractivity contribution in [1.82, 2.24) is 0 Å². The molecule has 0 aromatic heterocycles. The summed E-state index contributed by atoms with van der Waals surface area (Å²) in [5, 5.41) is 28.2. The number of rotatable bonds is 8. The summed E-state index contributed by atoms with van der Waals surface area (Å²) < 4.78 is 5.03. The molecule has 0 amide bonds. The quantitative estimate of drug-likeness (QED) is 0.368. The molecule has 0 bridgehead atoms. The van der Waals surface area contributed by atoms with E-state index in [-0.39, 0.29) is 16.9 Å². The lowest BCUT2D eigenvalue weighted by Gasteiger charge is -2.31. The molecular weight excluding hydrogens is 244 g/mol. The van der Waals surface area contributed by atoms with Crippen molar-refractivity contribution in [2.75, 3.05) is 0 Å². The minimum atomic E-state index is -2.66. The van der Waals surface area contributed by atoms with E-state index in [1.807, 2.05) is 6.92 Å². The smallest absolute Gasteiger partial charge is 0.346 e. The number of unbranched alkanes of at least 4 members (excludes halogenated alkanes) is 1. The largest absolute Gasteiger partial charge is 0.479 e. The van der Waals surface area contributed by atoms with Gasteiger partial charge in [0.05, 0.1) is 6.10 Å². The highest BCUT2D eigenvalue weighted by atomic mass is 28.2. The molecule has 6 nitrogen and oxygen atoms in total. The maximum Gasteiger partial charge on any atom is 0.346 e. The average molecular weight is 264 g/mol. The lowest BCUT2D eigenvalue weighted by atomic mass is 9.86. The first-order valence-electron chi connectivity index (χ1n) is 5.53. The van der Waals surface area contributed by atoms with Gasteiger partial charge in [-0.1, -0.05) is 19.8 Å². The van der Waals surface area contributed by atoms with Gasteiger partial charge in [0.25, 0.3) is 0 Å². The van der Waals surface area contributed by atoms with Crippen molar-refractivity contribution < 1.29 is 29.3 Å². The highest BCUT2D eigenvalue weighted by Gasteiger charge is 2.52. The standard InChI is InChI=1S/C10H20O6Si/c1-3-4-5-7(16-17)10(15,9(13)14)8(12)6(2)11/h6-7,11,15H,3-5H2,1-2,17H3,(H,13,14). The van der Waals surface area contributed by atoms with Crippen molar-refractivity contribution in [2.24, 2.45) is 0 Å². The summed E-state index contributed by atoms with van der Waals surface area (Å²) in [6, 6.07) is 0. The minimum absolute atomic E-state index is 0.200. The van der Waals surface area contributed by atoms with E-state index < -0.39 is 29.6 Å². The van der Waals surface area contributed by atoms with Crippen LogP contribution in [-0.2, 0) is 14.0 Å². The normalized spacial score (nSPS) is 18.4. The summed E-state index contributed by atoms with van der Waals surface area (Å²) in [7, 11) is 0.200. The average Bonchev–Trinajstić information content (AvgIpc) is 2.27. The van der Waals surface area contributed by atoms with Crippen LogP contribution in [0.2, 0.25) is 0 Å². The van der Waals surface area contributed by atoms with Gasteiger partial charge in [-0.15, -0.1) is 0 Å². The van der Waals surface area contributed by atoms with Crippen molar-refractivity contribution in [3.05, 3.63) is 0 Å². The van der Waals surface area contributed by atoms with E-state index in [0.717, 1.165) is 13.3 Å². The van der Waals surface area contributed by atoms with E-state index >= 15 is 0 Å². The van der Waals surface area contributed by atoms with Gasteiger partial charge in [-0.3, -0.25) is 4.79 Å². The summed E-state index contributed by atoms with van der Waals surface area (Å²) in [5.41, 5.74) is -2.66. The Hall–Kier alpha value is -0.763. The zero-order chi connectivity index (χ0) is 13.6. The Morgan fingerprint density at radius 2 is 2.00 bits per heavy atom. The van der Waals surface area contributed by atoms with Crippen molar-refractivity contribution in [2.45, 2.75) is 50.9 Å². The lowest BCUT2D eigenvalue weighted by Crippen LogP contribution is -2.59. The van der Waals surface area contributed by atoms with Crippen molar-refractivity contribution in [1.29, 1.82) is 0 Å². The van der Waals surface area contributed by atoms with Crippen LogP contribution in [0.3, 0.4) is 0 Å². The SMILES string of the molecule is CCCCC(O[SiH3])C(O)(C(=O)O)C(=O)C(C)O. The zero-order valence-corrected chi connectivity index (χ0v) is 12.3. The van der Waals surface area contributed by atoms with Gasteiger partial charge in [-0.2, -0.15) is 0 Å². The minimum Gasteiger partial charge on any atom is -0.479 e. The molecule has 100 valence electrons. The van der Waals surface area contributed by atoms with E-state index in [4.69, 9.17) is 14.6 Å². The van der Waals surface area contributed by atoms with Crippen LogP contribution in [0.4, 0.5) is 0 Å². The van der Waals surface area contributed by atoms with Crippen LogP contribution < -0.4 is 0 Å². The Morgan fingerprint density at radius 3 is 2.29 bits per heavy atom. The lowest BCUT2D eigenvalue weighted by molar-refractivity contribution is -0.179. The number of ketones is 1. The van der Waals surface area contributed by atoms with Gasteiger partial charge < -0.3 is 19.7 Å². The first-order valence-corrected chi connectivity index (χ1v) is 6.34. The third-order valence-electron chi connectivity index (χ3n) is 2.65. The van der Waals surface area contributed by atoms with Crippen LogP contribution in [0.5, 0.6) is 0 Å². The Morgan fingerprint density at radius 1 is 1.47 bits per heavy atom. The van der Waals surface area contributed by atoms with Gasteiger partial charge in [0, 0.05) is 0 Å². The fraction of sp³-hybridized carbons (Fsp3) is 0.800. The second kappa shape index (κ2) is 6.85. The first-order chi connectivity index (χ1) is 7.82. The highest BCUT2D eigenvalue weighted by molar-refractivity contribution is 6.09. The summed E-state index contributed by atoms with van der Waals surface area (Å²) >= 11 is 0. The van der Waals surface area contributed by atoms with Gasteiger partial charge in [0.1, 0.15) is 16.6 Å². The van der Waals surface area contributed by atoms with Gasteiger partial charge in [0.2, 0.25) is 11.4 Å². The van der Waals surface area contributed by atoms with Crippen LogP contribution in [0, 0.1) is 0 Å². The summed E-state index contributed by atoms with van der Waals surface area (Å²) in [6.45, 7) is 3.03. The Labute approximate surface area is 103 Å². The van der Waals surface area contributed by atoms with Crippen molar-refractivity contribution in [3.63, 3.8) is 0 Å². The van der Waals surface area contributed by atoms with Gasteiger partial charge >= 0.3 is 5.97 Å². The van der Waals surface area contributed by atoms with Crippen LogP contribution >= 0.6 is 0 Å². The molecule has 0 aliphatic rings. The number of aliphatic carboxylic acids is 1. The number of Topliss-reactive ketones (excluding diaryl/α,β-unsaturated/α-hetero) is 1. The number of carboxylic acids is 1. The molecule has 0 aliphatic carbocycles. The molecular formula is C10H20O6Si. The Bertz CT molecular complexity index is 280. The van der Waals surface area contributed by atoms with Gasteiger partial charge in [0.15, 0.2) is 0 Å². The monoisotopic (exact) mass is 264 g/mol. The Kier molecular flexibility index (Phi) is 6.54. The summed E-state index contributed by atoms with van der Waals surface area (Å²) in [4.78, 5) is 22.7. The third-order valence-corrected chi connectivity index (χ3v) is 3.22. The number of carbonyl (C=O) groups excluding carboxylic acids is 1. The van der Waals surface area contributed by atoms with E-state index in [1.54, 1.807) is 0 Å². The maximum atomic E-state index is 11.6. The van der Waals surface area contributed by atoms with Crippen LogP contribution in [0.15, 0.2) is 0 Å². The summed E-state index contributed by atoms with van der Waals surface area (Å²) in [5.74, 6) is -2.82. The number of hydrogen-bond acceptors (Lipinski definition) is 5. The predicted molar refractivity (Wildman–Crippen MR) is 63.6 cm³/mol. The molecule has 0 saturated carbocycles. The molecule has 3 unspecified atom stereocenters. The molecule has 0 radical (unpaired) electrons. The molecule has 0 heterocycles. The third kappa shape index (κ3) is 3.60. The molecule has 3 N–H and O–H groups in total. The van der Waals surface area contributed by atoms with Crippen LogP contribution in [-0.4, -0.2) is 55.4 Å². The molecule has 7 heteroatoms. The first kappa shape index (κ1) is 16.2. The molecule has 3 atom stereocenters. The zero-order valence-electron chi connectivity index (χ0n) is 10.3. The molecule has 0 aromatic rings. The van der Waals surface area contributed by atoms with Crippen LogP contribution in [0.1, 0.15) is 33.1 Å². The number of aliphatic hydroxyl groups is 2. The van der Waals surface area contributed by atoms with E-state index in [9.17, 15) is 14.7 Å². The molecule has 0 aliphatic heterocycles. The van der Waals surface area contributed by atoms with Crippen LogP contribution in [0.25, 0.3) is 0 Å². The Balaban J connectivity index is 5.15. The molecule has 0 fully saturated rings. The summed E-state index contributed by atoms with van der Waals surface area (Å²) in [6.07, 6.45) is -0.956. The number of aliphatic hydroxyl groups excluding tert-OH is 1. The fourth-order valence-corrected chi connectivity index (χ4v) is 2.18. The van der Waals surface area contributed by atoms with Gasteiger partial charge in [-0.05, 0) is 13.3 Å². The van der Waals surface area contributed by atoms with Gasteiger partial charge in [-0.25, -0.2) is 4.79 Å². The second-order valence-electron chi connectivity index (χ2n) is 3.98. The van der Waals surface area contributed by atoms with Crippen molar-refractivity contribution in [3.8, 4) is 0 Å². The molecule has 0 saturated heterocycles. The topological polar surface area (TPSA) is 104 Å². The number of carbonyl (C=O) groups is 2. The molecule has 0 spiro atoms. The van der Waals surface area contributed by atoms with E-state index in [0.29, 0.717) is 6.42 Å². The molecule has 0 aromatic carbocycles. The van der Waals surface area contributed by atoms with Crippen molar-refractivity contribution >= 4 is 22.2 Å². The van der Waals surface area contributed by atoms with E-state index in [2.05, 4.69) is 0 Å². The molecule has 0 rings (SSSR count).